The number of carbonyl (C=O) groups is 3. The highest BCUT2D eigenvalue weighted by Gasteiger charge is 2.25. The molecule has 6 heteroatoms. The first-order chi connectivity index (χ1) is 12.0. The number of hydrogen-bond donors (Lipinski definition) is 0. The highest BCUT2D eigenvalue weighted by molar-refractivity contribution is 6.31. The van der Waals surface area contributed by atoms with E-state index in [1.165, 1.54) is 0 Å². The van der Waals surface area contributed by atoms with Crippen molar-refractivity contribution in [3.8, 4) is 0 Å². The van der Waals surface area contributed by atoms with Crippen molar-refractivity contribution in [3.05, 3.63) is 64.2 Å². The number of rotatable bonds is 5. The Bertz CT molecular complexity index is 862. The summed E-state index contributed by atoms with van der Waals surface area (Å²) in [6, 6.07) is 12.0. The summed E-state index contributed by atoms with van der Waals surface area (Å²) in [6.45, 7) is -0.341. The zero-order chi connectivity index (χ0) is 18.0. The molecule has 0 spiro atoms. The van der Waals surface area contributed by atoms with Crippen LogP contribution in [-0.2, 0) is 27.2 Å². The molecule has 0 N–H and O–H groups in total. The van der Waals surface area contributed by atoms with Gasteiger partial charge in [-0.2, -0.15) is 0 Å². The van der Waals surface area contributed by atoms with Gasteiger partial charge in [0.2, 0.25) is 5.91 Å². The van der Waals surface area contributed by atoms with Gasteiger partial charge in [-0.05, 0) is 35.4 Å². The van der Waals surface area contributed by atoms with E-state index in [1.54, 1.807) is 54.4 Å². The van der Waals surface area contributed by atoms with Gasteiger partial charge in [0.15, 0.2) is 12.4 Å². The molecule has 0 bridgehead atoms. The maximum atomic E-state index is 12.2. The fourth-order valence-corrected chi connectivity index (χ4v) is 2.92. The molecule has 2 aromatic rings. The number of anilines is 1. The summed E-state index contributed by atoms with van der Waals surface area (Å²) in [7, 11) is 1.70. The average molecular weight is 358 g/mol. The summed E-state index contributed by atoms with van der Waals surface area (Å²) >= 11 is 6.00. The quantitative estimate of drug-likeness (QED) is 0.609. The van der Waals surface area contributed by atoms with Crippen LogP contribution in [-0.4, -0.2) is 31.3 Å². The number of hydrogen-bond acceptors (Lipinski definition) is 4. The topological polar surface area (TPSA) is 63.7 Å². The van der Waals surface area contributed by atoms with Crippen LogP contribution in [0.3, 0.4) is 0 Å². The van der Waals surface area contributed by atoms with Gasteiger partial charge in [-0.1, -0.05) is 29.8 Å². The molecule has 0 unspecified atom stereocenters. The van der Waals surface area contributed by atoms with E-state index in [4.69, 9.17) is 16.3 Å². The van der Waals surface area contributed by atoms with Crippen molar-refractivity contribution in [2.24, 2.45) is 0 Å². The number of ether oxygens (including phenoxy) is 1. The van der Waals surface area contributed by atoms with E-state index in [0.717, 1.165) is 11.3 Å². The molecule has 1 aliphatic rings. The molecule has 0 aliphatic carbocycles. The van der Waals surface area contributed by atoms with E-state index in [0.29, 0.717) is 16.1 Å². The number of esters is 1. The van der Waals surface area contributed by atoms with E-state index in [2.05, 4.69) is 0 Å². The molecule has 0 radical (unpaired) electrons. The minimum Gasteiger partial charge on any atom is -0.457 e. The molecule has 0 saturated heterocycles. The van der Waals surface area contributed by atoms with Crippen LogP contribution in [0, 0.1) is 0 Å². The first-order valence-electron chi connectivity index (χ1n) is 7.77. The van der Waals surface area contributed by atoms with Gasteiger partial charge in [0, 0.05) is 23.3 Å². The van der Waals surface area contributed by atoms with Crippen molar-refractivity contribution in [2.75, 3.05) is 18.6 Å². The van der Waals surface area contributed by atoms with Crippen LogP contribution in [0.1, 0.15) is 21.5 Å². The Kier molecular flexibility index (Phi) is 4.86. The van der Waals surface area contributed by atoms with Crippen molar-refractivity contribution < 1.29 is 19.1 Å². The number of likely N-dealkylation sites (N-methyl/N-ethyl adjacent to an activating group) is 1. The summed E-state index contributed by atoms with van der Waals surface area (Å²) in [5, 5.41) is 0.484. The van der Waals surface area contributed by atoms with Gasteiger partial charge < -0.3 is 9.64 Å². The zero-order valence-electron chi connectivity index (χ0n) is 13.6. The lowest BCUT2D eigenvalue weighted by atomic mass is 10.1. The Morgan fingerprint density at radius 3 is 2.72 bits per heavy atom. The third-order valence-electron chi connectivity index (χ3n) is 4.14. The summed E-state index contributed by atoms with van der Waals surface area (Å²) in [5.41, 5.74) is 2.69. The lowest BCUT2D eigenvalue weighted by Gasteiger charge is -2.10. The van der Waals surface area contributed by atoms with E-state index >= 15 is 0 Å². The molecule has 3 rings (SSSR count). The molecule has 128 valence electrons. The third-order valence-corrected chi connectivity index (χ3v) is 4.50. The Labute approximate surface area is 150 Å². The minimum absolute atomic E-state index is 0.00855. The predicted octanol–water partition coefficient (Wildman–Crippen LogP) is 2.83. The van der Waals surface area contributed by atoms with Crippen LogP contribution in [0.4, 0.5) is 5.69 Å². The second kappa shape index (κ2) is 7.07. The molecular weight excluding hydrogens is 342 g/mol. The predicted molar refractivity (Wildman–Crippen MR) is 94.0 cm³/mol. The molecule has 1 heterocycles. The van der Waals surface area contributed by atoms with E-state index in [1.807, 2.05) is 0 Å². The first-order valence-corrected chi connectivity index (χ1v) is 8.15. The van der Waals surface area contributed by atoms with Gasteiger partial charge in [-0.15, -0.1) is 0 Å². The number of nitrogens with zero attached hydrogens (tertiary/aromatic N) is 1. The number of halogens is 1. The van der Waals surface area contributed by atoms with Crippen molar-refractivity contribution in [1.82, 2.24) is 0 Å². The number of fused-ring (bicyclic) bond motifs is 1. The maximum Gasteiger partial charge on any atom is 0.310 e. The molecule has 25 heavy (non-hydrogen) atoms. The highest BCUT2D eigenvalue weighted by Crippen LogP contribution is 2.28. The van der Waals surface area contributed by atoms with Gasteiger partial charge in [0.05, 0.1) is 12.8 Å². The monoisotopic (exact) mass is 357 g/mol. The van der Waals surface area contributed by atoms with Crippen molar-refractivity contribution >= 4 is 34.9 Å². The number of Topliss-reactive ketones (excluding diaryl/α,β-unsaturated/α-hetero) is 1. The van der Waals surface area contributed by atoms with Crippen molar-refractivity contribution in [3.63, 3.8) is 0 Å². The standard InChI is InChI=1S/C19H16ClNO4/c1-21-16-7-6-13(8-14(16)9-18(21)23)17(22)11-25-19(24)10-12-4-2-3-5-15(12)20/h2-8H,9-11H2,1H3. The summed E-state index contributed by atoms with van der Waals surface area (Å²) in [4.78, 5) is 37.4. The molecule has 0 fully saturated rings. The van der Waals surface area contributed by atoms with Crippen molar-refractivity contribution in [1.29, 1.82) is 0 Å². The largest absolute Gasteiger partial charge is 0.457 e. The van der Waals surface area contributed by atoms with Gasteiger partial charge in [-0.3, -0.25) is 14.4 Å². The second-order valence-electron chi connectivity index (χ2n) is 5.83. The lowest BCUT2D eigenvalue weighted by Crippen LogP contribution is -2.20. The van der Waals surface area contributed by atoms with Gasteiger partial charge in [0.25, 0.3) is 0 Å². The number of carbonyl (C=O) groups excluding carboxylic acids is 3. The number of benzene rings is 2. The summed E-state index contributed by atoms with van der Waals surface area (Å²) in [6.07, 6.45) is 0.287. The zero-order valence-corrected chi connectivity index (χ0v) is 14.4. The Morgan fingerprint density at radius 1 is 1.20 bits per heavy atom. The number of amides is 1. The Hall–Kier alpha value is -2.66. The Morgan fingerprint density at radius 2 is 1.96 bits per heavy atom. The average Bonchev–Trinajstić information content (AvgIpc) is 2.88. The van der Waals surface area contributed by atoms with Gasteiger partial charge in [-0.25, -0.2) is 0 Å². The van der Waals surface area contributed by atoms with Crippen LogP contribution in [0.2, 0.25) is 5.02 Å². The smallest absolute Gasteiger partial charge is 0.310 e. The second-order valence-corrected chi connectivity index (χ2v) is 6.23. The van der Waals surface area contributed by atoms with E-state index in [-0.39, 0.29) is 31.1 Å². The van der Waals surface area contributed by atoms with Crippen molar-refractivity contribution in [2.45, 2.75) is 12.8 Å². The van der Waals surface area contributed by atoms with E-state index < -0.39 is 5.97 Å². The Balaban J connectivity index is 1.60. The van der Waals surface area contributed by atoms with Crippen LogP contribution in [0.15, 0.2) is 42.5 Å². The molecule has 0 saturated carbocycles. The number of ketones is 1. The molecule has 1 aliphatic heterocycles. The molecule has 2 aromatic carbocycles. The van der Waals surface area contributed by atoms with Crippen LogP contribution >= 0.6 is 11.6 Å². The molecular formula is C19H16ClNO4. The summed E-state index contributed by atoms with van der Waals surface area (Å²) < 4.78 is 5.05. The fraction of sp³-hybridized carbons (Fsp3) is 0.211. The SMILES string of the molecule is CN1C(=O)Cc2cc(C(=O)COC(=O)Cc3ccccc3Cl)ccc21. The fourth-order valence-electron chi connectivity index (χ4n) is 2.72. The normalized spacial score (nSPS) is 12.9. The maximum absolute atomic E-state index is 12.2. The third kappa shape index (κ3) is 3.72. The molecule has 0 atom stereocenters. The molecule has 5 nitrogen and oxygen atoms in total. The first kappa shape index (κ1) is 17.2. The highest BCUT2D eigenvalue weighted by atomic mass is 35.5. The summed E-state index contributed by atoms with van der Waals surface area (Å²) in [5.74, 6) is -0.833. The van der Waals surface area contributed by atoms with Gasteiger partial charge >= 0.3 is 5.97 Å². The lowest BCUT2D eigenvalue weighted by molar-refractivity contribution is -0.141. The molecule has 0 aromatic heterocycles. The molecule has 1 amide bonds. The van der Waals surface area contributed by atoms with Crippen LogP contribution in [0.5, 0.6) is 0 Å². The minimum atomic E-state index is -0.516. The van der Waals surface area contributed by atoms with Gasteiger partial charge in [0.1, 0.15) is 0 Å². The van der Waals surface area contributed by atoms with E-state index in [9.17, 15) is 14.4 Å². The van der Waals surface area contributed by atoms with Crippen LogP contribution < -0.4 is 4.90 Å². The van der Waals surface area contributed by atoms with Crippen LogP contribution in [0.25, 0.3) is 0 Å².